The summed E-state index contributed by atoms with van der Waals surface area (Å²) in [5.41, 5.74) is 4.47. The molecule has 0 saturated heterocycles. The van der Waals surface area contributed by atoms with Crippen molar-refractivity contribution in [1.82, 2.24) is 0 Å². The minimum atomic E-state index is -1.15. The van der Waals surface area contributed by atoms with Crippen molar-refractivity contribution < 1.29 is 14.7 Å². The molecule has 1 rings (SSSR count). The molecule has 0 bridgehead atoms. The molecule has 21 heavy (non-hydrogen) atoms. The van der Waals surface area contributed by atoms with Crippen LogP contribution in [0.15, 0.2) is 12.1 Å². The van der Waals surface area contributed by atoms with Crippen LogP contribution in [-0.2, 0) is 4.79 Å². The number of nitrogens with one attached hydrogen (secondary N) is 1. The molecule has 0 saturated carbocycles. The number of carbonyl (C=O) groups excluding carboxylic acids is 1. The number of aromatic carboxylic acids is 1. The Labute approximate surface area is 133 Å². The molecule has 116 valence electrons. The molecule has 1 amide bonds. The first-order valence-corrected chi connectivity index (χ1v) is 6.96. The first kappa shape index (κ1) is 17.8. The maximum absolute atomic E-state index is 12.4. The number of carboxylic acid groups (broad SMARTS) is 1. The third kappa shape index (κ3) is 3.67. The highest BCUT2D eigenvalue weighted by molar-refractivity contribution is 6.40. The van der Waals surface area contributed by atoms with Crippen LogP contribution in [0.25, 0.3) is 0 Å². The Balaban J connectivity index is 3.15. The van der Waals surface area contributed by atoms with E-state index in [9.17, 15) is 9.59 Å². The lowest BCUT2D eigenvalue weighted by atomic mass is 9.74. The highest BCUT2D eigenvalue weighted by atomic mass is 35.5. The van der Waals surface area contributed by atoms with E-state index in [4.69, 9.17) is 34.0 Å². The van der Waals surface area contributed by atoms with E-state index in [0.717, 1.165) is 0 Å². The minimum Gasteiger partial charge on any atom is -0.478 e. The molecule has 5 nitrogen and oxygen atoms in total. The number of rotatable bonds is 4. The lowest BCUT2D eigenvalue weighted by Crippen LogP contribution is -2.53. The van der Waals surface area contributed by atoms with E-state index in [1.807, 2.05) is 0 Å². The number of anilines is 1. The molecule has 0 aliphatic rings. The first-order chi connectivity index (χ1) is 9.37. The number of carboxylic acids is 1. The molecule has 0 radical (unpaired) electrons. The Kier molecular flexibility index (Phi) is 4.93. The van der Waals surface area contributed by atoms with Crippen molar-refractivity contribution in [2.75, 3.05) is 5.32 Å². The summed E-state index contributed by atoms with van der Waals surface area (Å²) in [5.74, 6) is -1.51. The van der Waals surface area contributed by atoms with Gasteiger partial charge in [0.15, 0.2) is 0 Å². The van der Waals surface area contributed by atoms with Crippen LogP contribution in [0.4, 0.5) is 5.69 Å². The van der Waals surface area contributed by atoms with E-state index in [1.165, 1.54) is 12.1 Å². The van der Waals surface area contributed by atoms with Gasteiger partial charge in [-0.2, -0.15) is 0 Å². The number of hydrogen-bond donors (Lipinski definition) is 3. The summed E-state index contributed by atoms with van der Waals surface area (Å²) in [6.07, 6.45) is 0. The van der Waals surface area contributed by atoms with Crippen LogP contribution in [-0.4, -0.2) is 22.5 Å². The van der Waals surface area contributed by atoms with Gasteiger partial charge in [0.2, 0.25) is 5.91 Å². The number of halogens is 2. The predicted octanol–water partition coefficient (Wildman–Crippen LogP) is 3.39. The van der Waals surface area contributed by atoms with Crippen molar-refractivity contribution in [3.8, 4) is 0 Å². The van der Waals surface area contributed by atoms with E-state index >= 15 is 0 Å². The molecule has 1 aromatic carbocycles. The van der Waals surface area contributed by atoms with E-state index in [-0.39, 0.29) is 27.2 Å². The van der Waals surface area contributed by atoms with Gasteiger partial charge in [0.1, 0.15) is 0 Å². The molecule has 0 aliphatic heterocycles. The van der Waals surface area contributed by atoms with E-state index in [0.29, 0.717) is 0 Å². The lowest BCUT2D eigenvalue weighted by molar-refractivity contribution is -0.126. The highest BCUT2D eigenvalue weighted by Gasteiger charge is 2.40. The Hall–Kier alpha value is -1.30. The molecule has 0 fully saturated rings. The zero-order chi connectivity index (χ0) is 16.6. The molecule has 0 atom stereocenters. The minimum absolute atomic E-state index is 0.0542. The zero-order valence-corrected chi connectivity index (χ0v) is 13.8. The zero-order valence-electron chi connectivity index (χ0n) is 12.3. The third-order valence-electron chi connectivity index (χ3n) is 3.71. The standard InChI is InChI=1S/C14H18Cl2N2O3/c1-13(2,14(3,4)17)12(21)18-10-8(15)5-7(11(19)20)6-9(10)16/h5-6H,17H2,1-4H3,(H,18,21)(H,19,20). The van der Waals surface area contributed by atoms with E-state index < -0.39 is 16.9 Å². The maximum Gasteiger partial charge on any atom is 0.335 e. The largest absolute Gasteiger partial charge is 0.478 e. The smallest absolute Gasteiger partial charge is 0.335 e. The van der Waals surface area contributed by atoms with Gasteiger partial charge in [0.05, 0.1) is 26.7 Å². The van der Waals surface area contributed by atoms with Crippen LogP contribution in [0, 0.1) is 5.41 Å². The maximum atomic E-state index is 12.4. The van der Waals surface area contributed by atoms with Gasteiger partial charge < -0.3 is 16.2 Å². The van der Waals surface area contributed by atoms with Crippen molar-refractivity contribution in [2.45, 2.75) is 33.2 Å². The lowest BCUT2D eigenvalue weighted by Gasteiger charge is -2.37. The Morgan fingerprint density at radius 1 is 1.14 bits per heavy atom. The summed E-state index contributed by atoms with van der Waals surface area (Å²) in [7, 11) is 0. The second-order valence-corrected chi connectivity index (χ2v) is 6.74. The topological polar surface area (TPSA) is 92.4 Å². The van der Waals surface area contributed by atoms with Gasteiger partial charge in [0.25, 0.3) is 0 Å². The number of nitrogens with two attached hydrogens (primary N) is 1. The van der Waals surface area contributed by atoms with Crippen LogP contribution < -0.4 is 11.1 Å². The summed E-state index contributed by atoms with van der Waals surface area (Å²) >= 11 is 12.0. The summed E-state index contributed by atoms with van der Waals surface area (Å²) in [6.45, 7) is 6.89. The highest BCUT2D eigenvalue weighted by Crippen LogP contribution is 2.35. The van der Waals surface area contributed by atoms with Gasteiger partial charge in [-0.15, -0.1) is 0 Å². The fourth-order valence-corrected chi connectivity index (χ4v) is 1.96. The molecule has 0 aliphatic carbocycles. The number of hydrogen-bond acceptors (Lipinski definition) is 3. The van der Waals surface area contributed by atoms with Gasteiger partial charge in [-0.3, -0.25) is 4.79 Å². The van der Waals surface area contributed by atoms with Gasteiger partial charge in [-0.05, 0) is 39.8 Å². The molecule has 0 spiro atoms. The Morgan fingerprint density at radius 2 is 1.57 bits per heavy atom. The summed E-state index contributed by atoms with van der Waals surface area (Å²) in [5, 5.41) is 11.6. The molecule has 0 unspecified atom stereocenters. The Bertz CT molecular complexity index is 569. The van der Waals surface area contributed by atoms with E-state index in [2.05, 4.69) is 5.32 Å². The molecule has 4 N–H and O–H groups in total. The molecular weight excluding hydrogens is 315 g/mol. The fraction of sp³-hybridized carbons (Fsp3) is 0.429. The van der Waals surface area contributed by atoms with Crippen LogP contribution >= 0.6 is 23.2 Å². The van der Waals surface area contributed by atoms with Gasteiger partial charge in [0, 0.05) is 5.54 Å². The second-order valence-electron chi connectivity index (χ2n) is 5.92. The van der Waals surface area contributed by atoms with E-state index in [1.54, 1.807) is 27.7 Å². The van der Waals surface area contributed by atoms with Gasteiger partial charge >= 0.3 is 5.97 Å². The number of carbonyl (C=O) groups is 2. The average molecular weight is 333 g/mol. The quantitative estimate of drug-likeness (QED) is 0.787. The first-order valence-electron chi connectivity index (χ1n) is 6.20. The van der Waals surface area contributed by atoms with Crippen molar-refractivity contribution in [3.63, 3.8) is 0 Å². The Morgan fingerprint density at radius 3 is 1.90 bits per heavy atom. The number of amides is 1. The van der Waals surface area contributed by atoms with Crippen LogP contribution in [0.1, 0.15) is 38.1 Å². The second kappa shape index (κ2) is 5.83. The van der Waals surface area contributed by atoms with Crippen molar-refractivity contribution >= 4 is 40.8 Å². The van der Waals surface area contributed by atoms with Crippen LogP contribution in [0.2, 0.25) is 10.0 Å². The summed E-state index contributed by atoms with van der Waals surface area (Å²) < 4.78 is 0. The van der Waals surface area contributed by atoms with Gasteiger partial charge in [-0.1, -0.05) is 23.2 Å². The average Bonchev–Trinajstić information content (AvgIpc) is 2.31. The van der Waals surface area contributed by atoms with Crippen molar-refractivity contribution in [1.29, 1.82) is 0 Å². The summed E-state index contributed by atoms with van der Waals surface area (Å²) in [6, 6.07) is 2.46. The van der Waals surface area contributed by atoms with Crippen molar-refractivity contribution in [2.24, 2.45) is 11.1 Å². The number of benzene rings is 1. The SMILES string of the molecule is CC(C)(N)C(C)(C)C(=O)Nc1c(Cl)cc(C(=O)O)cc1Cl. The normalized spacial score (nSPS) is 12.1. The molecular formula is C14H18Cl2N2O3. The third-order valence-corrected chi connectivity index (χ3v) is 4.30. The summed E-state index contributed by atoms with van der Waals surface area (Å²) in [4.78, 5) is 23.3. The van der Waals surface area contributed by atoms with Crippen LogP contribution in [0.3, 0.4) is 0 Å². The molecule has 1 aromatic rings. The van der Waals surface area contributed by atoms with Gasteiger partial charge in [-0.25, -0.2) is 4.79 Å². The monoisotopic (exact) mass is 332 g/mol. The molecule has 0 heterocycles. The molecule has 0 aromatic heterocycles. The van der Waals surface area contributed by atoms with Crippen LogP contribution in [0.5, 0.6) is 0 Å². The predicted molar refractivity (Wildman–Crippen MR) is 84.1 cm³/mol. The molecule has 7 heteroatoms. The fourth-order valence-electron chi connectivity index (χ4n) is 1.38. The van der Waals surface area contributed by atoms with Crippen molar-refractivity contribution in [3.05, 3.63) is 27.7 Å².